The Kier molecular flexibility index (Phi) is 5.81. The van der Waals surface area contributed by atoms with Crippen molar-refractivity contribution >= 4 is 33.6 Å². The first kappa shape index (κ1) is 19.9. The van der Waals surface area contributed by atoms with Crippen LogP contribution in [0.5, 0.6) is 0 Å². The van der Waals surface area contributed by atoms with E-state index in [1.807, 2.05) is 0 Å². The molecule has 0 aromatic heterocycles. The first-order chi connectivity index (χ1) is 12.7. The molecular formula is C17H16N2O7S. The van der Waals surface area contributed by atoms with E-state index < -0.39 is 32.8 Å². The molecule has 0 aliphatic rings. The molecule has 2 rings (SSSR count). The summed E-state index contributed by atoms with van der Waals surface area (Å²) < 4.78 is 37.1. The molecule has 1 amide bonds. The summed E-state index contributed by atoms with van der Waals surface area (Å²) in [6, 6.07) is 9.02. The first-order valence-electron chi connectivity index (χ1n) is 7.43. The standard InChI is InChI=1S/C17H16N2O7S/c1-25-16(21)10-7-8-12(17(22)26-2)14(9-10)27(23,24)19-13-6-4-3-5-11(13)15(18)20/h3-9,19H,1-2H3,(H2,18,20). The van der Waals surface area contributed by atoms with Crippen LogP contribution in [0, 0.1) is 0 Å². The lowest BCUT2D eigenvalue weighted by Crippen LogP contribution is -2.21. The molecule has 9 nitrogen and oxygen atoms in total. The van der Waals surface area contributed by atoms with Crippen LogP contribution in [0.1, 0.15) is 31.1 Å². The molecule has 0 fully saturated rings. The van der Waals surface area contributed by atoms with Gasteiger partial charge < -0.3 is 15.2 Å². The topological polar surface area (TPSA) is 142 Å². The number of amides is 1. The second-order valence-corrected chi connectivity index (χ2v) is 6.86. The Bertz CT molecular complexity index is 1020. The van der Waals surface area contributed by atoms with Gasteiger partial charge in [-0.2, -0.15) is 0 Å². The van der Waals surface area contributed by atoms with Crippen LogP contribution >= 0.6 is 0 Å². The van der Waals surface area contributed by atoms with Gasteiger partial charge in [0.2, 0.25) is 0 Å². The maximum absolute atomic E-state index is 12.9. The number of carbonyl (C=O) groups is 3. The van der Waals surface area contributed by atoms with E-state index in [2.05, 4.69) is 14.2 Å². The Morgan fingerprint density at radius 2 is 1.56 bits per heavy atom. The van der Waals surface area contributed by atoms with Gasteiger partial charge in [0.1, 0.15) is 4.90 Å². The number of sulfonamides is 1. The van der Waals surface area contributed by atoms with E-state index in [0.717, 1.165) is 26.4 Å². The molecule has 27 heavy (non-hydrogen) atoms. The fourth-order valence-corrected chi connectivity index (χ4v) is 3.56. The van der Waals surface area contributed by atoms with Crippen molar-refractivity contribution in [3.8, 4) is 0 Å². The number of hydrogen-bond donors (Lipinski definition) is 2. The third-order valence-corrected chi connectivity index (χ3v) is 4.94. The van der Waals surface area contributed by atoms with Gasteiger partial charge in [0.25, 0.3) is 15.9 Å². The molecule has 10 heteroatoms. The van der Waals surface area contributed by atoms with Crippen molar-refractivity contribution in [1.82, 2.24) is 0 Å². The molecule has 0 atom stereocenters. The van der Waals surface area contributed by atoms with Gasteiger partial charge in [-0.05, 0) is 30.3 Å². The van der Waals surface area contributed by atoms with Crippen LogP contribution in [0.3, 0.4) is 0 Å². The minimum absolute atomic E-state index is 0.0650. The number of nitrogens with one attached hydrogen (secondary N) is 1. The summed E-state index contributed by atoms with van der Waals surface area (Å²) >= 11 is 0. The van der Waals surface area contributed by atoms with Crippen LogP contribution in [-0.4, -0.2) is 40.5 Å². The molecule has 0 bridgehead atoms. The van der Waals surface area contributed by atoms with Crippen molar-refractivity contribution in [1.29, 1.82) is 0 Å². The Labute approximate surface area is 155 Å². The minimum atomic E-state index is -4.39. The molecule has 3 N–H and O–H groups in total. The van der Waals surface area contributed by atoms with E-state index in [-0.39, 0.29) is 22.4 Å². The van der Waals surface area contributed by atoms with Crippen LogP contribution in [0.2, 0.25) is 0 Å². The smallest absolute Gasteiger partial charge is 0.339 e. The zero-order chi connectivity index (χ0) is 20.2. The average Bonchev–Trinajstić information content (AvgIpc) is 2.66. The van der Waals surface area contributed by atoms with Gasteiger partial charge in [0.05, 0.1) is 36.6 Å². The van der Waals surface area contributed by atoms with Gasteiger partial charge in [-0.15, -0.1) is 0 Å². The van der Waals surface area contributed by atoms with Crippen molar-refractivity contribution in [3.05, 3.63) is 59.2 Å². The summed E-state index contributed by atoms with van der Waals surface area (Å²) in [5.74, 6) is -2.56. The van der Waals surface area contributed by atoms with Crippen molar-refractivity contribution < 1.29 is 32.3 Å². The van der Waals surface area contributed by atoms with E-state index in [9.17, 15) is 22.8 Å². The monoisotopic (exact) mass is 392 g/mol. The molecule has 0 radical (unpaired) electrons. The largest absolute Gasteiger partial charge is 0.465 e. The molecule has 0 saturated heterocycles. The van der Waals surface area contributed by atoms with E-state index in [0.29, 0.717) is 0 Å². The van der Waals surface area contributed by atoms with Gasteiger partial charge >= 0.3 is 11.9 Å². The first-order valence-corrected chi connectivity index (χ1v) is 8.92. The third-order valence-electron chi connectivity index (χ3n) is 3.53. The van der Waals surface area contributed by atoms with Crippen molar-refractivity contribution in [2.75, 3.05) is 18.9 Å². The zero-order valence-corrected chi connectivity index (χ0v) is 15.2. The van der Waals surface area contributed by atoms with Gasteiger partial charge in [0.15, 0.2) is 0 Å². The van der Waals surface area contributed by atoms with Gasteiger partial charge in [-0.1, -0.05) is 12.1 Å². The highest BCUT2D eigenvalue weighted by Crippen LogP contribution is 2.24. The minimum Gasteiger partial charge on any atom is -0.465 e. The second-order valence-electron chi connectivity index (χ2n) is 5.21. The summed E-state index contributed by atoms with van der Waals surface area (Å²) in [4.78, 5) is 34.7. The number of para-hydroxylation sites is 1. The third kappa shape index (κ3) is 4.23. The van der Waals surface area contributed by atoms with E-state index in [1.165, 1.54) is 30.3 Å². The maximum Gasteiger partial charge on any atom is 0.339 e. The van der Waals surface area contributed by atoms with Crippen molar-refractivity contribution in [3.63, 3.8) is 0 Å². The van der Waals surface area contributed by atoms with E-state index >= 15 is 0 Å². The highest BCUT2D eigenvalue weighted by atomic mass is 32.2. The summed E-state index contributed by atoms with van der Waals surface area (Å²) in [6.45, 7) is 0. The van der Waals surface area contributed by atoms with Gasteiger partial charge in [-0.3, -0.25) is 9.52 Å². The quantitative estimate of drug-likeness (QED) is 0.702. The fraction of sp³-hybridized carbons (Fsp3) is 0.118. The predicted octanol–water partition coefficient (Wildman–Crippen LogP) is 1.16. The molecule has 0 heterocycles. The number of anilines is 1. The SMILES string of the molecule is COC(=O)c1ccc(C(=O)OC)c(S(=O)(=O)Nc2ccccc2C(N)=O)c1. The summed E-state index contributed by atoms with van der Waals surface area (Å²) in [7, 11) is -2.17. The molecule has 2 aromatic carbocycles. The lowest BCUT2D eigenvalue weighted by Gasteiger charge is -2.14. The number of hydrogen-bond acceptors (Lipinski definition) is 7. The van der Waals surface area contributed by atoms with Crippen LogP contribution in [0.15, 0.2) is 47.4 Å². The molecule has 0 aliphatic heterocycles. The molecule has 0 saturated carbocycles. The van der Waals surface area contributed by atoms with Crippen molar-refractivity contribution in [2.45, 2.75) is 4.90 Å². The normalized spacial score (nSPS) is 10.7. The molecular weight excluding hydrogens is 376 g/mol. The number of ether oxygens (including phenoxy) is 2. The lowest BCUT2D eigenvalue weighted by molar-refractivity contribution is 0.0583. The zero-order valence-electron chi connectivity index (χ0n) is 14.4. The molecule has 0 unspecified atom stereocenters. The van der Waals surface area contributed by atoms with Crippen LogP contribution in [0.25, 0.3) is 0 Å². The molecule has 2 aromatic rings. The Morgan fingerprint density at radius 3 is 2.15 bits per heavy atom. The van der Waals surface area contributed by atoms with Gasteiger partial charge in [-0.25, -0.2) is 18.0 Å². The highest BCUT2D eigenvalue weighted by molar-refractivity contribution is 7.92. The second kappa shape index (κ2) is 7.87. The summed E-state index contributed by atoms with van der Waals surface area (Å²) in [5, 5.41) is 0. The number of primary amides is 1. The summed E-state index contributed by atoms with van der Waals surface area (Å²) in [6.07, 6.45) is 0. The summed E-state index contributed by atoms with van der Waals surface area (Å²) in [5.41, 5.74) is 4.71. The van der Waals surface area contributed by atoms with Crippen LogP contribution < -0.4 is 10.5 Å². The Balaban J connectivity index is 2.61. The highest BCUT2D eigenvalue weighted by Gasteiger charge is 2.26. The number of carbonyl (C=O) groups excluding carboxylic acids is 3. The number of rotatable bonds is 6. The molecule has 0 aliphatic carbocycles. The lowest BCUT2D eigenvalue weighted by atomic mass is 10.1. The predicted molar refractivity (Wildman–Crippen MR) is 94.9 cm³/mol. The average molecular weight is 392 g/mol. The number of benzene rings is 2. The van der Waals surface area contributed by atoms with E-state index in [1.54, 1.807) is 0 Å². The van der Waals surface area contributed by atoms with E-state index in [4.69, 9.17) is 5.73 Å². The fourth-order valence-electron chi connectivity index (χ4n) is 2.25. The van der Waals surface area contributed by atoms with Crippen LogP contribution in [0.4, 0.5) is 5.69 Å². The maximum atomic E-state index is 12.9. The van der Waals surface area contributed by atoms with Crippen LogP contribution in [-0.2, 0) is 19.5 Å². The Hall–Kier alpha value is -3.40. The van der Waals surface area contributed by atoms with Gasteiger partial charge in [0, 0.05) is 0 Å². The molecule has 142 valence electrons. The van der Waals surface area contributed by atoms with Crippen molar-refractivity contribution in [2.24, 2.45) is 5.73 Å². The number of methoxy groups -OCH3 is 2. The number of nitrogens with two attached hydrogens (primary N) is 1. The molecule has 0 spiro atoms. The number of esters is 2. The Morgan fingerprint density at radius 1 is 0.926 bits per heavy atom.